The zero-order chi connectivity index (χ0) is 19.4. The topological polar surface area (TPSA) is 72.7 Å². The Bertz CT molecular complexity index is 1050. The number of carbonyl (C=O) groups is 2. The van der Waals surface area contributed by atoms with Gasteiger partial charge in [-0.05, 0) is 36.4 Å². The van der Waals surface area contributed by atoms with Crippen LogP contribution in [0, 0.1) is 5.82 Å². The van der Waals surface area contributed by atoms with Crippen LogP contribution in [0.5, 0.6) is 0 Å². The highest BCUT2D eigenvalue weighted by Gasteiger charge is 2.11. The number of imidazole rings is 1. The molecule has 9 heteroatoms. The van der Waals surface area contributed by atoms with Gasteiger partial charge in [0.1, 0.15) is 11.5 Å². The van der Waals surface area contributed by atoms with E-state index in [2.05, 4.69) is 10.3 Å². The molecule has 0 aliphatic carbocycles. The van der Waals surface area contributed by atoms with Crippen molar-refractivity contribution in [3.63, 3.8) is 0 Å². The molecule has 0 bridgehead atoms. The second kappa shape index (κ2) is 8.20. The number of esters is 1. The van der Waals surface area contributed by atoms with Crippen LogP contribution in [0.15, 0.2) is 48.7 Å². The largest absolute Gasteiger partial charge is 0.452 e. The highest BCUT2D eigenvalue weighted by Crippen LogP contribution is 2.19. The third-order valence-electron chi connectivity index (χ3n) is 3.45. The van der Waals surface area contributed by atoms with E-state index >= 15 is 0 Å². The van der Waals surface area contributed by atoms with E-state index in [0.717, 1.165) is 12.1 Å². The van der Waals surface area contributed by atoms with E-state index in [0.29, 0.717) is 11.3 Å². The van der Waals surface area contributed by atoms with Crippen molar-refractivity contribution in [1.29, 1.82) is 0 Å². The summed E-state index contributed by atoms with van der Waals surface area (Å²) in [5.74, 6) is -2.14. The van der Waals surface area contributed by atoms with Crippen LogP contribution in [0.2, 0.25) is 10.2 Å². The van der Waals surface area contributed by atoms with Gasteiger partial charge in [0.05, 0.1) is 11.4 Å². The number of aromatic nitrogens is 2. The Hall–Kier alpha value is -2.90. The first-order valence-corrected chi connectivity index (χ1v) is 8.42. The van der Waals surface area contributed by atoms with Gasteiger partial charge in [0.2, 0.25) is 0 Å². The van der Waals surface area contributed by atoms with Gasteiger partial charge in [-0.1, -0.05) is 29.3 Å². The van der Waals surface area contributed by atoms with Crippen LogP contribution in [0.1, 0.15) is 5.69 Å². The van der Waals surface area contributed by atoms with E-state index in [1.54, 1.807) is 22.7 Å². The third-order valence-corrected chi connectivity index (χ3v) is 3.96. The van der Waals surface area contributed by atoms with Gasteiger partial charge < -0.3 is 10.1 Å². The lowest BCUT2D eigenvalue weighted by molar-refractivity contribution is -0.142. The number of hydrogen-bond donors (Lipinski definition) is 1. The monoisotopic (exact) mass is 407 g/mol. The molecule has 3 aromatic rings. The predicted octanol–water partition coefficient (Wildman–Crippen LogP) is 3.98. The standard InChI is InChI=1S/C18H12Cl2FN3O3/c19-11-4-5-13(12(21)9-11)22-16(25)10-27-17(26)7-6-14-18(20)23-15-3-1-2-8-24(14)15/h1-9H,10H2,(H,22,25)/b7-6+. The fourth-order valence-electron chi connectivity index (χ4n) is 2.24. The summed E-state index contributed by atoms with van der Waals surface area (Å²) < 4.78 is 20.1. The van der Waals surface area contributed by atoms with Gasteiger partial charge in [-0.15, -0.1) is 0 Å². The summed E-state index contributed by atoms with van der Waals surface area (Å²) in [6, 6.07) is 9.16. The summed E-state index contributed by atoms with van der Waals surface area (Å²) in [7, 11) is 0. The minimum absolute atomic E-state index is 0.0616. The van der Waals surface area contributed by atoms with Crippen LogP contribution >= 0.6 is 23.2 Å². The van der Waals surface area contributed by atoms with Crippen molar-refractivity contribution in [2.24, 2.45) is 0 Å². The number of benzene rings is 1. The average Bonchev–Trinajstić information content (AvgIpc) is 2.95. The molecule has 1 aromatic carbocycles. The van der Waals surface area contributed by atoms with Gasteiger partial charge in [0, 0.05) is 17.3 Å². The lowest BCUT2D eigenvalue weighted by atomic mass is 10.3. The Morgan fingerprint density at radius 1 is 1.26 bits per heavy atom. The van der Waals surface area contributed by atoms with E-state index in [1.165, 1.54) is 18.2 Å². The average molecular weight is 408 g/mol. The zero-order valence-electron chi connectivity index (χ0n) is 13.7. The lowest BCUT2D eigenvalue weighted by Gasteiger charge is -2.06. The Labute approximate surface area is 163 Å². The molecule has 138 valence electrons. The Balaban J connectivity index is 1.58. The molecule has 0 spiro atoms. The summed E-state index contributed by atoms with van der Waals surface area (Å²) in [4.78, 5) is 27.7. The van der Waals surface area contributed by atoms with Gasteiger partial charge in [0.25, 0.3) is 5.91 Å². The van der Waals surface area contributed by atoms with Crippen LogP contribution in [0.25, 0.3) is 11.7 Å². The highest BCUT2D eigenvalue weighted by molar-refractivity contribution is 6.31. The number of carbonyl (C=O) groups excluding carboxylic acids is 2. The summed E-state index contributed by atoms with van der Waals surface area (Å²) >= 11 is 11.7. The lowest BCUT2D eigenvalue weighted by Crippen LogP contribution is -2.20. The van der Waals surface area contributed by atoms with Crippen molar-refractivity contribution in [1.82, 2.24) is 9.38 Å². The third kappa shape index (κ3) is 4.64. The highest BCUT2D eigenvalue weighted by atomic mass is 35.5. The number of nitrogens with zero attached hydrogens (tertiary/aromatic N) is 2. The summed E-state index contributed by atoms with van der Waals surface area (Å²) in [6.45, 7) is -0.577. The Morgan fingerprint density at radius 2 is 2.07 bits per heavy atom. The fourth-order valence-corrected chi connectivity index (χ4v) is 2.64. The minimum atomic E-state index is -0.760. The number of rotatable bonds is 5. The predicted molar refractivity (Wildman–Crippen MR) is 100 cm³/mol. The molecule has 0 atom stereocenters. The quantitative estimate of drug-likeness (QED) is 0.512. The smallest absolute Gasteiger partial charge is 0.331 e. The van der Waals surface area contributed by atoms with Crippen molar-refractivity contribution in [2.45, 2.75) is 0 Å². The number of anilines is 1. The maximum Gasteiger partial charge on any atom is 0.331 e. The molecular formula is C18H12Cl2FN3O3. The summed E-state index contributed by atoms with van der Waals surface area (Å²) in [5, 5.41) is 2.71. The van der Waals surface area contributed by atoms with E-state index in [9.17, 15) is 14.0 Å². The van der Waals surface area contributed by atoms with Crippen LogP contribution in [0.3, 0.4) is 0 Å². The molecule has 0 radical (unpaired) electrons. The molecule has 27 heavy (non-hydrogen) atoms. The molecule has 2 aromatic heterocycles. The van der Waals surface area contributed by atoms with Crippen LogP contribution in [-0.4, -0.2) is 27.9 Å². The Kier molecular flexibility index (Phi) is 5.73. The number of halogens is 3. The molecule has 3 rings (SSSR count). The molecule has 0 unspecified atom stereocenters. The zero-order valence-corrected chi connectivity index (χ0v) is 15.2. The second-order valence-electron chi connectivity index (χ2n) is 5.33. The number of nitrogens with one attached hydrogen (secondary N) is 1. The normalized spacial score (nSPS) is 11.1. The van der Waals surface area contributed by atoms with Gasteiger partial charge in [-0.3, -0.25) is 9.20 Å². The molecule has 0 fully saturated rings. The number of pyridine rings is 1. The number of fused-ring (bicyclic) bond motifs is 1. The fraction of sp³-hybridized carbons (Fsp3) is 0.0556. The van der Waals surface area contributed by atoms with E-state index in [1.807, 2.05) is 6.07 Å². The molecule has 6 nitrogen and oxygen atoms in total. The molecular weight excluding hydrogens is 396 g/mol. The first-order valence-electron chi connectivity index (χ1n) is 7.66. The van der Waals surface area contributed by atoms with E-state index < -0.39 is 24.3 Å². The minimum Gasteiger partial charge on any atom is -0.452 e. The van der Waals surface area contributed by atoms with Crippen LogP contribution in [-0.2, 0) is 14.3 Å². The summed E-state index contributed by atoms with van der Waals surface area (Å²) in [6.07, 6.45) is 4.30. The Morgan fingerprint density at radius 3 is 2.85 bits per heavy atom. The van der Waals surface area contributed by atoms with Crippen LogP contribution in [0.4, 0.5) is 10.1 Å². The first-order chi connectivity index (χ1) is 12.9. The molecule has 1 N–H and O–H groups in total. The second-order valence-corrected chi connectivity index (χ2v) is 6.12. The van der Waals surface area contributed by atoms with Crippen molar-refractivity contribution < 1.29 is 18.7 Å². The number of ether oxygens (including phenoxy) is 1. The SMILES string of the molecule is O=C(COC(=O)/C=C/c1c(Cl)nc2ccccn12)Nc1ccc(Cl)cc1F. The van der Waals surface area contributed by atoms with Crippen molar-refractivity contribution >= 4 is 52.5 Å². The van der Waals surface area contributed by atoms with Crippen molar-refractivity contribution in [3.05, 3.63) is 70.4 Å². The maximum absolute atomic E-state index is 13.6. The molecule has 1 amide bonds. The maximum atomic E-state index is 13.6. The van der Waals surface area contributed by atoms with E-state index in [-0.39, 0.29) is 15.9 Å². The van der Waals surface area contributed by atoms with Crippen molar-refractivity contribution in [3.8, 4) is 0 Å². The van der Waals surface area contributed by atoms with Crippen molar-refractivity contribution in [2.75, 3.05) is 11.9 Å². The molecule has 0 saturated carbocycles. The van der Waals surface area contributed by atoms with Gasteiger partial charge in [-0.25, -0.2) is 14.2 Å². The molecule has 0 saturated heterocycles. The van der Waals surface area contributed by atoms with E-state index in [4.69, 9.17) is 27.9 Å². The van der Waals surface area contributed by atoms with Gasteiger partial charge in [0.15, 0.2) is 11.8 Å². The number of amides is 1. The summed E-state index contributed by atoms with van der Waals surface area (Å²) in [5.41, 5.74) is 1.06. The van der Waals surface area contributed by atoms with Gasteiger partial charge >= 0.3 is 5.97 Å². The first kappa shape index (κ1) is 18.9. The number of hydrogen-bond acceptors (Lipinski definition) is 4. The molecule has 0 aliphatic heterocycles. The molecule has 0 aliphatic rings. The molecule has 2 heterocycles. The van der Waals surface area contributed by atoms with Crippen LogP contribution < -0.4 is 5.32 Å². The van der Waals surface area contributed by atoms with Gasteiger partial charge in [-0.2, -0.15) is 0 Å².